The molecular weight excluding hydrogens is 330 g/mol. The minimum atomic E-state index is -0.393. The normalized spacial score (nSPS) is 10.1. The number of ether oxygens (including phenoxy) is 1. The van der Waals surface area contributed by atoms with E-state index < -0.39 is 5.97 Å². The number of carbonyl (C=O) groups excluding carboxylic acids is 2. The topological polar surface area (TPSA) is 80.3 Å². The Bertz CT molecular complexity index is 732. The zero-order valence-electron chi connectivity index (χ0n) is 13.4. The first-order valence-electron chi connectivity index (χ1n) is 7.43. The number of anilines is 2. The SMILES string of the molecule is CCOC(=O)CNc1nccc(C)c1NC(=O)c1ccc(Cl)cc1. The van der Waals surface area contributed by atoms with Crippen LogP contribution in [0, 0.1) is 6.92 Å². The van der Waals surface area contributed by atoms with Gasteiger partial charge in [0.25, 0.3) is 5.91 Å². The molecule has 24 heavy (non-hydrogen) atoms. The summed E-state index contributed by atoms with van der Waals surface area (Å²) in [7, 11) is 0. The Kier molecular flexibility index (Phi) is 6.14. The third-order valence-corrected chi connectivity index (χ3v) is 3.46. The fraction of sp³-hybridized carbons (Fsp3) is 0.235. The molecule has 1 aromatic carbocycles. The predicted octanol–water partition coefficient (Wildman–Crippen LogP) is 3.27. The number of esters is 1. The van der Waals surface area contributed by atoms with E-state index in [0.29, 0.717) is 28.7 Å². The van der Waals surface area contributed by atoms with Crippen molar-refractivity contribution in [3.8, 4) is 0 Å². The lowest BCUT2D eigenvalue weighted by molar-refractivity contribution is -0.140. The van der Waals surface area contributed by atoms with Crippen LogP contribution in [0.5, 0.6) is 0 Å². The maximum atomic E-state index is 12.4. The Morgan fingerprint density at radius 1 is 1.21 bits per heavy atom. The van der Waals surface area contributed by atoms with E-state index in [1.165, 1.54) is 0 Å². The fourth-order valence-electron chi connectivity index (χ4n) is 2.00. The van der Waals surface area contributed by atoms with E-state index in [4.69, 9.17) is 16.3 Å². The van der Waals surface area contributed by atoms with Gasteiger partial charge < -0.3 is 15.4 Å². The van der Waals surface area contributed by atoms with Crippen molar-refractivity contribution in [2.75, 3.05) is 23.8 Å². The molecule has 1 amide bonds. The van der Waals surface area contributed by atoms with Crippen molar-refractivity contribution in [3.63, 3.8) is 0 Å². The zero-order valence-corrected chi connectivity index (χ0v) is 14.2. The van der Waals surface area contributed by atoms with Crippen LogP contribution in [0.15, 0.2) is 36.5 Å². The monoisotopic (exact) mass is 347 g/mol. The Hall–Kier alpha value is -2.60. The van der Waals surface area contributed by atoms with E-state index in [-0.39, 0.29) is 12.5 Å². The molecule has 0 aliphatic carbocycles. The molecule has 0 unspecified atom stereocenters. The Morgan fingerprint density at radius 3 is 2.58 bits per heavy atom. The summed E-state index contributed by atoms with van der Waals surface area (Å²) < 4.78 is 4.87. The number of nitrogens with zero attached hydrogens (tertiary/aromatic N) is 1. The number of carbonyl (C=O) groups is 2. The molecule has 2 aromatic rings. The maximum absolute atomic E-state index is 12.4. The van der Waals surface area contributed by atoms with E-state index in [1.54, 1.807) is 43.5 Å². The van der Waals surface area contributed by atoms with Gasteiger partial charge in [0, 0.05) is 16.8 Å². The van der Waals surface area contributed by atoms with Crippen LogP contribution in [-0.2, 0) is 9.53 Å². The molecule has 0 aliphatic heterocycles. The lowest BCUT2D eigenvalue weighted by Gasteiger charge is -2.14. The molecule has 2 N–H and O–H groups in total. The van der Waals surface area contributed by atoms with Crippen LogP contribution in [0.1, 0.15) is 22.8 Å². The van der Waals surface area contributed by atoms with Crippen LogP contribution in [0.25, 0.3) is 0 Å². The van der Waals surface area contributed by atoms with Crippen molar-refractivity contribution in [3.05, 3.63) is 52.7 Å². The number of amides is 1. The smallest absolute Gasteiger partial charge is 0.325 e. The summed E-state index contributed by atoms with van der Waals surface area (Å²) in [4.78, 5) is 28.0. The van der Waals surface area contributed by atoms with Crippen LogP contribution in [0.2, 0.25) is 5.02 Å². The molecular formula is C17H18ClN3O3. The van der Waals surface area contributed by atoms with Crippen molar-refractivity contribution in [2.45, 2.75) is 13.8 Å². The number of aromatic nitrogens is 1. The van der Waals surface area contributed by atoms with Crippen molar-refractivity contribution >= 4 is 35.0 Å². The fourth-order valence-corrected chi connectivity index (χ4v) is 2.13. The number of aryl methyl sites for hydroxylation is 1. The first kappa shape index (κ1) is 17.7. The summed E-state index contributed by atoms with van der Waals surface area (Å²) in [5.74, 6) is -0.275. The van der Waals surface area contributed by atoms with Gasteiger partial charge >= 0.3 is 5.97 Å². The van der Waals surface area contributed by atoms with Crippen LogP contribution in [-0.4, -0.2) is 30.0 Å². The average Bonchev–Trinajstić information content (AvgIpc) is 2.56. The van der Waals surface area contributed by atoms with Crippen molar-refractivity contribution in [1.82, 2.24) is 4.98 Å². The molecule has 0 fully saturated rings. The van der Waals surface area contributed by atoms with E-state index in [0.717, 1.165) is 5.56 Å². The molecule has 0 saturated carbocycles. The second-order valence-electron chi connectivity index (χ2n) is 4.97. The summed E-state index contributed by atoms with van der Waals surface area (Å²) in [6.07, 6.45) is 1.60. The number of nitrogens with one attached hydrogen (secondary N) is 2. The molecule has 126 valence electrons. The lowest BCUT2D eigenvalue weighted by Crippen LogP contribution is -2.20. The third-order valence-electron chi connectivity index (χ3n) is 3.21. The summed E-state index contributed by atoms with van der Waals surface area (Å²) in [6.45, 7) is 3.85. The summed E-state index contributed by atoms with van der Waals surface area (Å²) >= 11 is 5.83. The van der Waals surface area contributed by atoms with E-state index >= 15 is 0 Å². The molecule has 0 atom stereocenters. The van der Waals surface area contributed by atoms with Gasteiger partial charge in [-0.15, -0.1) is 0 Å². The molecule has 6 nitrogen and oxygen atoms in total. The average molecular weight is 348 g/mol. The minimum Gasteiger partial charge on any atom is -0.465 e. The molecule has 2 rings (SSSR count). The highest BCUT2D eigenvalue weighted by molar-refractivity contribution is 6.30. The summed E-state index contributed by atoms with van der Waals surface area (Å²) in [5, 5.41) is 6.25. The third kappa shape index (κ3) is 4.70. The summed E-state index contributed by atoms with van der Waals surface area (Å²) in [5.41, 5.74) is 1.81. The van der Waals surface area contributed by atoms with Crippen LogP contribution < -0.4 is 10.6 Å². The van der Waals surface area contributed by atoms with Gasteiger partial charge in [-0.05, 0) is 49.7 Å². The standard InChI is InChI=1S/C17H18ClN3O3/c1-3-24-14(22)10-20-16-15(11(2)8-9-19-16)21-17(23)12-4-6-13(18)7-5-12/h4-9H,3,10H2,1-2H3,(H,19,20)(H,21,23). The van der Waals surface area contributed by atoms with Gasteiger partial charge in [-0.2, -0.15) is 0 Å². The number of hydrogen-bond acceptors (Lipinski definition) is 5. The number of pyridine rings is 1. The first-order valence-corrected chi connectivity index (χ1v) is 7.81. The van der Waals surface area contributed by atoms with Crippen LogP contribution >= 0.6 is 11.6 Å². The number of rotatable bonds is 6. The molecule has 0 radical (unpaired) electrons. The first-order chi connectivity index (χ1) is 11.5. The predicted molar refractivity (Wildman–Crippen MR) is 93.5 cm³/mol. The number of halogens is 1. The highest BCUT2D eigenvalue weighted by atomic mass is 35.5. The Labute approximate surface area is 145 Å². The molecule has 0 spiro atoms. The van der Waals surface area contributed by atoms with Gasteiger partial charge in [-0.3, -0.25) is 9.59 Å². The molecule has 0 aliphatic rings. The van der Waals surface area contributed by atoms with Crippen molar-refractivity contribution < 1.29 is 14.3 Å². The minimum absolute atomic E-state index is 0.0336. The van der Waals surface area contributed by atoms with E-state index in [2.05, 4.69) is 15.6 Å². The number of hydrogen-bond donors (Lipinski definition) is 2. The second kappa shape index (κ2) is 8.31. The molecule has 0 bridgehead atoms. The van der Waals surface area contributed by atoms with Gasteiger partial charge in [0.05, 0.1) is 12.3 Å². The highest BCUT2D eigenvalue weighted by Gasteiger charge is 2.13. The highest BCUT2D eigenvalue weighted by Crippen LogP contribution is 2.24. The molecule has 1 aromatic heterocycles. The quantitative estimate of drug-likeness (QED) is 0.784. The van der Waals surface area contributed by atoms with Gasteiger partial charge in [0.15, 0.2) is 5.82 Å². The van der Waals surface area contributed by atoms with Gasteiger partial charge in [-0.1, -0.05) is 11.6 Å². The molecule has 1 heterocycles. The van der Waals surface area contributed by atoms with Crippen molar-refractivity contribution in [1.29, 1.82) is 0 Å². The Balaban J connectivity index is 2.15. The van der Waals surface area contributed by atoms with Gasteiger partial charge in [-0.25, -0.2) is 4.98 Å². The van der Waals surface area contributed by atoms with E-state index in [9.17, 15) is 9.59 Å². The maximum Gasteiger partial charge on any atom is 0.325 e. The van der Waals surface area contributed by atoms with Crippen LogP contribution in [0.4, 0.5) is 11.5 Å². The lowest BCUT2D eigenvalue weighted by atomic mass is 10.2. The zero-order chi connectivity index (χ0) is 17.5. The Morgan fingerprint density at radius 2 is 1.92 bits per heavy atom. The molecule has 7 heteroatoms. The second-order valence-corrected chi connectivity index (χ2v) is 5.41. The van der Waals surface area contributed by atoms with E-state index in [1.807, 2.05) is 6.92 Å². The van der Waals surface area contributed by atoms with Gasteiger partial charge in [0.1, 0.15) is 6.54 Å². The van der Waals surface area contributed by atoms with Crippen molar-refractivity contribution in [2.24, 2.45) is 0 Å². The number of benzene rings is 1. The van der Waals surface area contributed by atoms with Gasteiger partial charge in [0.2, 0.25) is 0 Å². The van der Waals surface area contributed by atoms with Crippen LogP contribution in [0.3, 0.4) is 0 Å². The summed E-state index contributed by atoms with van der Waals surface area (Å²) in [6, 6.07) is 8.33. The molecule has 0 saturated heterocycles. The largest absolute Gasteiger partial charge is 0.465 e.